The van der Waals surface area contributed by atoms with E-state index in [1.165, 1.54) is 12.2 Å². The van der Waals surface area contributed by atoms with Crippen molar-refractivity contribution in [2.24, 2.45) is 0 Å². The van der Waals surface area contributed by atoms with Crippen LogP contribution in [0, 0.1) is 0 Å². The van der Waals surface area contributed by atoms with Gasteiger partial charge in [0.15, 0.2) is 0 Å². The van der Waals surface area contributed by atoms with Crippen molar-refractivity contribution in [3.63, 3.8) is 0 Å². The molecule has 76 valence electrons. The molecule has 0 aliphatic carbocycles. The molecule has 1 aliphatic heterocycles. The van der Waals surface area contributed by atoms with E-state index in [4.69, 9.17) is 4.74 Å². The van der Waals surface area contributed by atoms with Crippen molar-refractivity contribution in [3.05, 3.63) is 48.0 Å². The highest BCUT2D eigenvalue weighted by atomic mass is 16.7. The maximum atomic E-state index is 11.5. The zero-order valence-electron chi connectivity index (χ0n) is 7.75. The first-order valence-electron chi connectivity index (χ1n) is 4.40. The van der Waals surface area contributed by atoms with Crippen LogP contribution < -0.4 is 0 Å². The minimum Gasteiger partial charge on any atom is -0.418 e. The number of rotatable bonds is 2. The molecular weight excluding hydrogens is 196 g/mol. The van der Waals surface area contributed by atoms with Gasteiger partial charge in [0, 0.05) is 12.2 Å². The molecule has 0 unspecified atom stereocenters. The Balaban J connectivity index is 1.99. The van der Waals surface area contributed by atoms with E-state index in [9.17, 15) is 9.59 Å². The molecule has 0 fully saturated rings. The number of carbonyl (C=O) groups is 2. The number of esters is 2. The van der Waals surface area contributed by atoms with Crippen molar-refractivity contribution >= 4 is 11.9 Å². The van der Waals surface area contributed by atoms with E-state index >= 15 is 0 Å². The third kappa shape index (κ3) is 2.22. The van der Waals surface area contributed by atoms with Gasteiger partial charge in [-0.2, -0.15) is 0 Å². The zero-order chi connectivity index (χ0) is 10.7. The summed E-state index contributed by atoms with van der Waals surface area (Å²) in [5, 5.41) is 0. The Labute approximate surface area is 86.1 Å². The minimum absolute atomic E-state index is 0.425. The van der Waals surface area contributed by atoms with E-state index in [2.05, 4.69) is 4.74 Å². The fraction of sp³-hybridized carbons (Fsp3) is 0.0909. The van der Waals surface area contributed by atoms with E-state index in [1.807, 2.05) is 0 Å². The molecule has 0 saturated carbocycles. The molecule has 0 aromatic heterocycles. The van der Waals surface area contributed by atoms with Crippen molar-refractivity contribution in [2.75, 3.05) is 0 Å². The predicted molar refractivity (Wildman–Crippen MR) is 50.9 cm³/mol. The van der Waals surface area contributed by atoms with E-state index in [0.29, 0.717) is 5.56 Å². The number of cyclic esters (lactones) is 1. The standard InChI is InChI=1S/C11H8O4/c12-9-6-7-10(14-9)15-11(13)8-4-2-1-3-5-8/h1-7,10H/t10-/m1/s1. The van der Waals surface area contributed by atoms with Gasteiger partial charge in [0.25, 0.3) is 6.29 Å². The van der Waals surface area contributed by atoms with Crippen molar-refractivity contribution in [1.29, 1.82) is 0 Å². The normalized spacial score (nSPS) is 18.7. The van der Waals surface area contributed by atoms with E-state index < -0.39 is 18.2 Å². The SMILES string of the molecule is O=C1C=C[C@@H](OC(=O)c2ccccc2)O1. The molecule has 1 aliphatic rings. The van der Waals surface area contributed by atoms with Gasteiger partial charge in [-0.3, -0.25) is 0 Å². The molecule has 1 aromatic rings. The molecule has 0 saturated heterocycles. The van der Waals surface area contributed by atoms with Crippen LogP contribution in [0.25, 0.3) is 0 Å². The zero-order valence-corrected chi connectivity index (χ0v) is 7.75. The van der Waals surface area contributed by atoms with Gasteiger partial charge in [-0.05, 0) is 12.1 Å². The second-order valence-corrected chi connectivity index (χ2v) is 2.94. The first-order chi connectivity index (χ1) is 7.25. The number of ether oxygens (including phenoxy) is 2. The summed E-state index contributed by atoms with van der Waals surface area (Å²) in [7, 11) is 0. The summed E-state index contributed by atoms with van der Waals surface area (Å²) in [5.74, 6) is -1.01. The highest BCUT2D eigenvalue weighted by molar-refractivity contribution is 5.90. The number of benzene rings is 1. The molecule has 2 rings (SSSR count). The van der Waals surface area contributed by atoms with Gasteiger partial charge < -0.3 is 9.47 Å². The van der Waals surface area contributed by atoms with E-state index in [-0.39, 0.29) is 0 Å². The van der Waals surface area contributed by atoms with Crippen LogP contribution in [0.5, 0.6) is 0 Å². The molecule has 0 spiro atoms. The number of carbonyl (C=O) groups excluding carboxylic acids is 2. The van der Waals surface area contributed by atoms with Crippen molar-refractivity contribution < 1.29 is 19.1 Å². The summed E-state index contributed by atoms with van der Waals surface area (Å²) in [6, 6.07) is 8.51. The molecule has 1 heterocycles. The van der Waals surface area contributed by atoms with Crippen LogP contribution in [0.3, 0.4) is 0 Å². The van der Waals surface area contributed by atoms with E-state index in [0.717, 1.165) is 0 Å². The third-order valence-corrected chi connectivity index (χ3v) is 1.85. The highest BCUT2D eigenvalue weighted by Gasteiger charge is 2.20. The Hall–Kier alpha value is -2.10. The summed E-state index contributed by atoms with van der Waals surface area (Å²) in [5.41, 5.74) is 0.425. The van der Waals surface area contributed by atoms with Gasteiger partial charge in [0.2, 0.25) is 0 Å². The van der Waals surface area contributed by atoms with Crippen LogP contribution in [-0.2, 0) is 14.3 Å². The number of hydrogen-bond acceptors (Lipinski definition) is 4. The van der Waals surface area contributed by atoms with Gasteiger partial charge in [-0.15, -0.1) is 0 Å². The quantitative estimate of drug-likeness (QED) is 0.681. The average molecular weight is 204 g/mol. The van der Waals surface area contributed by atoms with Crippen molar-refractivity contribution in [2.45, 2.75) is 6.29 Å². The molecular formula is C11H8O4. The maximum Gasteiger partial charge on any atom is 0.341 e. The molecule has 1 atom stereocenters. The van der Waals surface area contributed by atoms with Gasteiger partial charge in [0.1, 0.15) is 0 Å². The minimum atomic E-state index is -0.898. The lowest BCUT2D eigenvalue weighted by atomic mass is 10.2. The summed E-state index contributed by atoms with van der Waals surface area (Å²) < 4.78 is 9.56. The predicted octanol–water partition coefficient (Wildman–Crippen LogP) is 1.28. The molecule has 4 heteroatoms. The van der Waals surface area contributed by atoms with Crippen LogP contribution in [0.4, 0.5) is 0 Å². The largest absolute Gasteiger partial charge is 0.418 e. The van der Waals surface area contributed by atoms with Crippen LogP contribution in [0.1, 0.15) is 10.4 Å². The smallest absolute Gasteiger partial charge is 0.341 e. The lowest BCUT2D eigenvalue weighted by molar-refractivity contribution is -0.151. The Morgan fingerprint density at radius 2 is 2.00 bits per heavy atom. The van der Waals surface area contributed by atoms with Crippen LogP contribution in [0.2, 0.25) is 0 Å². The third-order valence-electron chi connectivity index (χ3n) is 1.85. The fourth-order valence-corrected chi connectivity index (χ4v) is 1.16. The van der Waals surface area contributed by atoms with Crippen LogP contribution in [-0.4, -0.2) is 18.2 Å². The second kappa shape index (κ2) is 3.96. The molecule has 0 radical (unpaired) electrons. The first-order valence-corrected chi connectivity index (χ1v) is 4.40. The molecule has 1 aromatic carbocycles. The lowest BCUT2D eigenvalue weighted by Crippen LogP contribution is -2.17. The first kappa shape index (κ1) is 9.45. The topological polar surface area (TPSA) is 52.6 Å². The lowest BCUT2D eigenvalue weighted by Gasteiger charge is -2.09. The van der Waals surface area contributed by atoms with Crippen LogP contribution >= 0.6 is 0 Å². The maximum absolute atomic E-state index is 11.5. The Kier molecular flexibility index (Phi) is 2.49. The summed E-state index contributed by atoms with van der Waals surface area (Å²) in [4.78, 5) is 22.1. The van der Waals surface area contributed by atoms with Gasteiger partial charge >= 0.3 is 11.9 Å². The number of hydrogen-bond donors (Lipinski definition) is 0. The highest BCUT2D eigenvalue weighted by Crippen LogP contribution is 2.10. The van der Waals surface area contributed by atoms with Crippen LogP contribution in [0.15, 0.2) is 42.5 Å². The monoisotopic (exact) mass is 204 g/mol. The van der Waals surface area contributed by atoms with E-state index in [1.54, 1.807) is 30.3 Å². The Morgan fingerprint density at radius 3 is 2.60 bits per heavy atom. The average Bonchev–Trinajstić information content (AvgIpc) is 2.65. The van der Waals surface area contributed by atoms with Gasteiger partial charge in [0.05, 0.1) is 5.56 Å². The second-order valence-electron chi connectivity index (χ2n) is 2.94. The molecule has 0 amide bonds. The molecule has 0 bridgehead atoms. The summed E-state index contributed by atoms with van der Waals surface area (Å²) in [6.07, 6.45) is 1.72. The Bertz CT molecular complexity index is 408. The van der Waals surface area contributed by atoms with Gasteiger partial charge in [-0.1, -0.05) is 18.2 Å². The molecule has 15 heavy (non-hydrogen) atoms. The van der Waals surface area contributed by atoms with Gasteiger partial charge in [-0.25, -0.2) is 9.59 Å². The summed E-state index contributed by atoms with van der Waals surface area (Å²) >= 11 is 0. The summed E-state index contributed by atoms with van der Waals surface area (Å²) in [6.45, 7) is 0. The molecule has 4 nitrogen and oxygen atoms in total. The van der Waals surface area contributed by atoms with Crippen molar-refractivity contribution in [3.8, 4) is 0 Å². The van der Waals surface area contributed by atoms with Crippen molar-refractivity contribution in [1.82, 2.24) is 0 Å². The Morgan fingerprint density at radius 1 is 1.27 bits per heavy atom. The molecule has 0 N–H and O–H groups in total. The fourth-order valence-electron chi connectivity index (χ4n) is 1.16.